The van der Waals surface area contributed by atoms with E-state index in [9.17, 15) is 18.0 Å². The van der Waals surface area contributed by atoms with Gasteiger partial charge in [0.25, 0.3) is 5.91 Å². The number of hydrogen-bond acceptors (Lipinski definition) is 5. The Balaban J connectivity index is 1.47. The Kier molecular flexibility index (Phi) is 6.13. The molecule has 0 spiro atoms. The molecule has 12 heteroatoms. The standard InChI is InChI=1S/C27H25ClF3N7O/c1-35-6-4-23(21-11-17(28)12-33-25(21)35)38-7-3-18-19(22-14-36(2)34-24(22)27(29,30)31)9-16(10-20(18)26(38)39)13-37-8-5-32-15-37/h5,8-12,14-15,23H,3-4,6-7,13H2,1-2H3/t23-/m0/s1. The average Bonchev–Trinajstić information content (AvgIpc) is 3.54. The second-order valence-corrected chi connectivity index (χ2v) is 10.4. The van der Waals surface area contributed by atoms with Crippen LogP contribution in [0.15, 0.2) is 49.3 Å². The summed E-state index contributed by atoms with van der Waals surface area (Å²) in [5.41, 5.74) is 1.95. The molecule has 0 bridgehead atoms. The molecule has 0 N–H and O–H groups in total. The van der Waals surface area contributed by atoms with E-state index in [1.165, 1.54) is 13.2 Å². The second-order valence-electron chi connectivity index (χ2n) is 10.0. The minimum atomic E-state index is -4.64. The predicted octanol–water partition coefficient (Wildman–Crippen LogP) is 4.98. The van der Waals surface area contributed by atoms with E-state index in [2.05, 4.69) is 15.1 Å². The lowest BCUT2D eigenvalue weighted by atomic mass is 9.86. The lowest BCUT2D eigenvalue weighted by Crippen LogP contribution is -2.44. The van der Waals surface area contributed by atoms with Gasteiger partial charge in [-0.1, -0.05) is 11.6 Å². The summed E-state index contributed by atoms with van der Waals surface area (Å²) in [5.74, 6) is 0.553. The van der Waals surface area contributed by atoms with Crippen molar-refractivity contribution in [1.82, 2.24) is 29.2 Å². The molecule has 39 heavy (non-hydrogen) atoms. The van der Waals surface area contributed by atoms with Crippen LogP contribution in [-0.2, 0) is 26.2 Å². The maximum atomic E-state index is 14.1. The Hall–Kier alpha value is -3.86. The Morgan fingerprint density at radius 2 is 1.90 bits per heavy atom. The molecule has 2 aliphatic rings. The van der Waals surface area contributed by atoms with Gasteiger partial charge in [0, 0.05) is 75.2 Å². The average molecular weight is 556 g/mol. The quantitative estimate of drug-likeness (QED) is 0.355. The van der Waals surface area contributed by atoms with Crippen molar-refractivity contribution in [2.45, 2.75) is 31.6 Å². The first-order chi connectivity index (χ1) is 18.6. The number of aryl methyl sites for hydroxylation is 1. The molecule has 0 aliphatic carbocycles. The highest BCUT2D eigenvalue weighted by Gasteiger charge is 2.40. The van der Waals surface area contributed by atoms with Crippen LogP contribution >= 0.6 is 11.6 Å². The van der Waals surface area contributed by atoms with Crippen LogP contribution in [0.5, 0.6) is 0 Å². The number of imidazole rings is 1. The molecule has 2 aliphatic heterocycles. The maximum absolute atomic E-state index is 14.1. The summed E-state index contributed by atoms with van der Waals surface area (Å²) >= 11 is 6.29. The lowest BCUT2D eigenvalue weighted by Gasteiger charge is -2.41. The number of alkyl halides is 3. The molecule has 1 atom stereocenters. The third-order valence-electron chi connectivity index (χ3n) is 7.41. The Morgan fingerprint density at radius 1 is 1.10 bits per heavy atom. The van der Waals surface area contributed by atoms with E-state index < -0.39 is 11.9 Å². The van der Waals surface area contributed by atoms with Gasteiger partial charge in [0.15, 0.2) is 5.69 Å². The van der Waals surface area contributed by atoms with Crippen LogP contribution in [0.4, 0.5) is 19.0 Å². The fourth-order valence-corrected chi connectivity index (χ4v) is 5.87. The minimum absolute atomic E-state index is 0.0319. The van der Waals surface area contributed by atoms with E-state index in [0.29, 0.717) is 59.8 Å². The van der Waals surface area contributed by atoms with Gasteiger partial charge in [0.2, 0.25) is 0 Å². The lowest BCUT2D eigenvalue weighted by molar-refractivity contribution is -0.140. The monoisotopic (exact) mass is 555 g/mol. The van der Waals surface area contributed by atoms with E-state index in [4.69, 9.17) is 11.6 Å². The van der Waals surface area contributed by atoms with E-state index in [-0.39, 0.29) is 17.5 Å². The Bertz CT molecular complexity index is 1560. The molecule has 1 aromatic carbocycles. The first-order valence-corrected chi connectivity index (χ1v) is 12.9. The number of aromatic nitrogens is 5. The summed E-state index contributed by atoms with van der Waals surface area (Å²) < 4.78 is 44.9. The molecule has 3 aromatic heterocycles. The Labute approximate surface area is 227 Å². The zero-order valence-corrected chi connectivity index (χ0v) is 22.0. The topological polar surface area (TPSA) is 72.1 Å². The van der Waals surface area contributed by atoms with Crippen molar-refractivity contribution >= 4 is 23.3 Å². The normalized spacial score (nSPS) is 17.4. The third-order valence-corrected chi connectivity index (χ3v) is 7.62. The zero-order valence-electron chi connectivity index (χ0n) is 21.3. The number of pyridine rings is 1. The molecule has 1 amide bonds. The zero-order chi connectivity index (χ0) is 27.5. The second kappa shape index (κ2) is 9.41. The molecule has 0 saturated carbocycles. The highest BCUT2D eigenvalue weighted by Crippen LogP contribution is 2.43. The van der Waals surface area contributed by atoms with Gasteiger partial charge >= 0.3 is 6.18 Å². The number of benzene rings is 1. The molecule has 8 nitrogen and oxygen atoms in total. The largest absolute Gasteiger partial charge is 0.435 e. The van der Waals surface area contributed by atoms with Crippen LogP contribution in [0, 0.1) is 0 Å². The van der Waals surface area contributed by atoms with Gasteiger partial charge in [-0.3, -0.25) is 9.48 Å². The first kappa shape index (κ1) is 25.4. The summed E-state index contributed by atoms with van der Waals surface area (Å²) in [7, 11) is 3.41. The van der Waals surface area contributed by atoms with Crippen LogP contribution in [0.1, 0.15) is 45.2 Å². The molecule has 5 heterocycles. The number of nitrogens with zero attached hydrogens (tertiary/aromatic N) is 7. The molecule has 202 valence electrons. The van der Waals surface area contributed by atoms with Crippen molar-refractivity contribution in [3.63, 3.8) is 0 Å². The van der Waals surface area contributed by atoms with Crippen LogP contribution in [-0.4, -0.2) is 55.3 Å². The minimum Gasteiger partial charge on any atom is -0.359 e. The van der Waals surface area contributed by atoms with Gasteiger partial charge in [0.05, 0.1) is 17.4 Å². The summed E-state index contributed by atoms with van der Waals surface area (Å²) in [6.45, 7) is 1.42. The van der Waals surface area contributed by atoms with Crippen LogP contribution in [0.2, 0.25) is 5.02 Å². The summed E-state index contributed by atoms with van der Waals surface area (Å²) in [5, 5.41) is 4.20. The Morgan fingerprint density at radius 3 is 2.64 bits per heavy atom. The molecular weight excluding hydrogens is 531 g/mol. The SMILES string of the molecule is CN1CC[C@H](N2CCc3c(cc(Cn4ccnc4)cc3-c3cn(C)nc3C(F)(F)F)C2=O)c2cc(Cl)cnc21. The van der Waals surface area contributed by atoms with Crippen molar-refractivity contribution < 1.29 is 18.0 Å². The number of rotatable bonds is 4. The number of hydrogen-bond donors (Lipinski definition) is 0. The number of carbonyl (C=O) groups is 1. The number of halogens is 4. The van der Waals surface area contributed by atoms with Gasteiger partial charge in [0.1, 0.15) is 5.82 Å². The van der Waals surface area contributed by atoms with Gasteiger partial charge in [-0.25, -0.2) is 9.97 Å². The first-order valence-electron chi connectivity index (χ1n) is 12.5. The van der Waals surface area contributed by atoms with Gasteiger partial charge in [-0.2, -0.15) is 18.3 Å². The molecule has 4 aromatic rings. The molecule has 0 unspecified atom stereocenters. The van der Waals surface area contributed by atoms with Gasteiger partial charge in [-0.15, -0.1) is 0 Å². The van der Waals surface area contributed by atoms with E-state index in [1.807, 2.05) is 27.5 Å². The predicted molar refractivity (Wildman–Crippen MR) is 140 cm³/mol. The smallest absolute Gasteiger partial charge is 0.359 e. The van der Waals surface area contributed by atoms with Crippen molar-refractivity contribution in [3.05, 3.63) is 82.3 Å². The van der Waals surface area contributed by atoms with Crippen molar-refractivity contribution in [2.24, 2.45) is 7.05 Å². The van der Waals surface area contributed by atoms with Crippen LogP contribution < -0.4 is 4.90 Å². The highest BCUT2D eigenvalue weighted by molar-refractivity contribution is 6.30. The fraction of sp³-hybridized carbons (Fsp3) is 0.333. The maximum Gasteiger partial charge on any atom is 0.435 e. The highest BCUT2D eigenvalue weighted by atomic mass is 35.5. The molecule has 0 radical (unpaired) electrons. The summed E-state index contributed by atoms with van der Waals surface area (Å²) in [6, 6.07) is 5.14. The summed E-state index contributed by atoms with van der Waals surface area (Å²) in [4.78, 5) is 26.5. The molecular formula is C27H25ClF3N7O. The van der Waals surface area contributed by atoms with Crippen LogP contribution in [0.25, 0.3) is 11.1 Å². The van der Waals surface area contributed by atoms with E-state index in [0.717, 1.165) is 16.1 Å². The van der Waals surface area contributed by atoms with Crippen LogP contribution in [0.3, 0.4) is 0 Å². The third kappa shape index (κ3) is 4.54. The summed E-state index contributed by atoms with van der Waals surface area (Å²) in [6.07, 6.45) is 4.45. The van der Waals surface area contributed by atoms with Gasteiger partial charge < -0.3 is 14.4 Å². The number of fused-ring (bicyclic) bond motifs is 2. The molecule has 6 rings (SSSR count). The number of amides is 1. The van der Waals surface area contributed by atoms with Crippen molar-refractivity contribution in [1.29, 1.82) is 0 Å². The van der Waals surface area contributed by atoms with Gasteiger partial charge in [-0.05, 0) is 47.7 Å². The van der Waals surface area contributed by atoms with E-state index in [1.54, 1.807) is 37.1 Å². The fourth-order valence-electron chi connectivity index (χ4n) is 5.71. The molecule has 0 saturated heterocycles. The molecule has 0 fully saturated rings. The van der Waals surface area contributed by atoms with E-state index >= 15 is 0 Å². The number of carbonyl (C=O) groups excluding carboxylic acids is 1. The van der Waals surface area contributed by atoms with Crippen molar-refractivity contribution in [3.8, 4) is 11.1 Å². The van der Waals surface area contributed by atoms with Crippen molar-refractivity contribution in [2.75, 3.05) is 25.0 Å². The number of anilines is 1.